The van der Waals surface area contributed by atoms with E-state index < -0.39 is 11.6 Å². The first-order chi connectivity index (χ1) is 13.0. The number of rotatable bonds is 6. The van der Waals surface area contributed by atoms with Crippen molar-refractivity contribution >= 4 is 5.91 Å². The van der Waals surface area contributed by atoms with Gasteiger partial charge in [0.05, 0.1) is 24.7 Å². The zero-order valence-corrected chi connectivity index (χ0v) is 16.0. The van der Waals surface area contributed by atoms with Gasteiger partial charge in [-0.25, -0.2) is 0 Å². The van der Waals surface area contributed by atoms with Gasteiger partial charge in [-0.3, -0.25) is 9.69 Å². The van der Waals surface area contributed by atoms with Crippen molar-refractivity contribution in [1.29, 1.82) is 0 Å². The molecule has 3 rings (SSSR count). The van der Waals surface area contributed by atoms with Gasteiger partial charge in [-0.2, -0.15) is 0 Å². The molecule has 2 atom stereocenters. The second-order valence-electron chi connectivity index (χ2n) is 7.20. The number of piperidine rings is 1. The van der Waals surface area contributed by atoms with Crippen LogP contribution in [0.25, 0.3) is 0 Å². The molecule has 0 aromatic heterocycles. The first-order valence-electron chi connectivity index (χ1n) is 9.40. The molecule has 5 nitrogen and oxygen atoms in total. The number of hydrogen-bond donors (Lipinski definition) is 1. The Morgan fingerprint density at radius 3 is 2.37 bits per heavy atom. The maximum atomic E-state index is 12.6. The summed E-state index contributed by atoms with van der Waals surface area (Å²) in [7, 11) is 3.98. The topological polar surface area (TPSA) is 53.0 Å². The van der Waals surface area contributed by atoms with Crippen LogP contribution in [0.2, 0.25) is 0 Å². The molecule has 1 aliphatic heterocycles. The number of nitrogens with zero attached hydrogens (tertiary/aromatic N) is 2. The van der Waals surface area contributed by atoms with Crippen molar-refractivity contribution in [3.8, 4) is 5.75 Å². The first-order valence-corrected chi connectivity index (χ1v) is 9.40. The van der Waals surface area contributed by atoms with Gasteiger partial charge in [-0.05, 0) is 38.2 Å². The fraction of sp³-hybridized carbons (Fsp3) is 0.409. The molecule has 1 N–H and O–H groups in total. The zero-order chi connectivity index (χ0) is 19.3. The van der Waals surface area contributed by atoms with E-state index in [4.69, 9.17) is 4.74 Å². The Bertz CT molecular complexity index is 736. The number of likely N-dealkylation sites (tertiary alicyclic amines) is 1. The van der Waals surface area contributed by atoms with Crippen LogP contribution >= 0.6 is 0 Å². The molecule has 144 valence electrons. The summed E-state index contributed by atoms with van der Waals surface area (Å²) in [6.07, 6.45) is 0.348. The monoisotopic (exact) mass is 368 g/mol. The average Bonchev–Trinajstić information content (AvgIpc) is 2.69. The van der Waals surface area contributed by atoms with Crippen LogP contribution in [0.3, 0.4) is 0 Å². The van der Waals surface area contributed by atoms with E-state index in [1.807, 2.05) is 62.6 Å². The number of ether oxygens (including phenoxy) is 1. The van der Waals surface area contributed by atoms with Crippen molar-refractivity contribution < 1.29 is 14.6 Å². The maximum absolute atomic E-state index is 12.6. The lowest BCUT2D eigenvalue weighted by Gasteiger charge is -2.49. The summed E-state index contributed by atoms with van der Waals surface area (Å²) < 4.78 is 5.62. The van der Waals surface area contributed by atoms with Gasteiger partial charge in [-0.1, -0.05) is 48.5 Å². The van der Waals surface area contributed by atoms with Gasteiger partial charge in [0.15, 0.2) is 0 Å². The van der Waals surface area contributed by atoms with Crippen LogP contribution < -0.4 is 4.74 Å². The number of carbonyl (C=O) groups excluding carboxylic acids is 1. The minimum Gasteiger partial charge on any atom is -0.493 e. The van der Waals surface area contributed by atoms with Crippen molar-refractivity contribution in [2.75, 3.05) is 33.8 Å². The summed E-state index contributed by atoms with van der Waals surface area (Å²) in [5.41, 5.74) is 0.612. The van der Waals surface area contributed by atoms with Crippen molar-refractivity contribution in [2.45, 2.75) is 24.5 Å². The van der Waals surface area contributed by atoms with E-state index in [9.17, 15) is 9.90 Å². The van der Waals surface area contributed by atoms with Gasteiger partial charge in [0.1, 0.15) is 5.75 Å². The number of aliphatic hydroxyl groups excluding tert-OH is 1. The lowest BCUT2D eigenvalue weighted by Crippen LogP contribution is -2.60. The number of para-hydroxylation sites is 1. The summed E-state index contributed by atoms with van der Waals surface area (Å²) in [4.78, 5) is 16.4. The molecule has 27 heavy (non-hydrogen) atoms. The zero-order valence-electron chi connectivity index (χ0n) is 16.0. The standard InChI is InChI=1S/C22H28N2O3/c1-23(2)22(18-9-5-3-6-10-18)14-15-24(17-20(22)25)21(26)13-16-27-19-11-7-4-8-12-19/h3-12,20,25H,13-17H2,1-2H3/t20-,22+/m1/s1. The number of carbonyl (C=O) groups is 1. The molecule has 0 spiro atoms. The van der Waals surface area contributed by atoms with Crippen LogP contribution in [-0.2, 0) is 10.3 Å². The summed E-state index contributed by atoms with van der Waals surface area (Å²) in [6.45, 7) is 1.29. The van der Waals surface area contributed by atoms with Crippen molar-refractivity contribution in [3.05, 3.63) is 66.2 Å². The van der Waals surface area contributed by atoms with E-state index in [0.29, 0.717) is 32.5 Å². The molecule has 1 saturated heterocycles. The highest BCUT2D eigenvalue weighted by atomic mass is 16.5. The Hall–Kier alpha value is -2.37. The maximum Gasteiger partial charge on any atom is 0.226 e. The fourth-order valence-corrected chi connectivity index (χ4v) is 3.92. The number of likely N-dealkylation sites (N-methyl/N-ethyl adjacent to an activating group) is 1. The third-order valence-electron chi connectivity index (χ3n) is 5.46. The SMILES string of the molecule is CN(C)[C@]1(c2ccccc2)CCN(C(=O)CCOc2ccccc2)C[C@H]1O. The molecule has 1 aliphatic rings. The molecule has 0 unspecified atom stereocenters. The Morgan fingerprint density at radius 2 is 1.78 bits per heavy atom. The molecule has 0 radical (unpaired) electrons. The van der Waals surface area contributed by atoms with E-state index in [2.05, 4.69) is 17.0 Å². The highest BCUT2D eigenvalue weighted by Crippen LogP contribution is 2.37. The van der Waals surface area contributed by atoms with Crippen LogP contribution in [0.15, 0.2) is 60.7 Å². The lowest BCUT2D eigenvalue weighted by atomic mass is 9.77. The van der Waals surface area contributed by atoms with E-state index >= 15 is 0 Å². The second-order valence-corrected chi connectivity index (χ2v) is 7.20. The summed E-state index contributed by atoms with van der Waals surface area (Å²) in [5.74, 6) is 0.782. The van der Waals surface area contributed by atoms with E-state index in [1.54, 1.807) is 4.90 Å². The average molecular weight is 368 g/mol. The minimum atomic E-state index is -0.650. The Labute approximate surface area is 161 Å². The molecule has 2 aromatic rings. The summed E-state index contributed by atoms with van der Waals surface area (Å²) in [5, 5.41) is 11.0. The number of amides is 1. The molecule has 0 aliphatic carbocycles. The quantitative estimate of drug-likeness (QED) is 0.851. The van der Waals surface area contributed by atoms with Crippen LogP contribution in [-0.4, -0.2) is 60.7 Å². The number of β-amino-alcohol motifs (C(OH)–C–C–N with tert-alkyl or cyclic N) is 1. The third-order valence-corrected chi connectivity index (χ3v) is 5.46. The highest BCUT2D eigenvalue weighted by molar-refractivity contribution is 5.76. The van der Waals surface area contributed by atoms with E-state index in [0.717, 1.165) is 11.3 Å². The predicted octanol–water partition coefficient (Wildman–Crippen LogP) is 2.51. The number of benzene rings is 2. The summed E-state index contributed by atoms with van der Waals surface area (Å²) >= 11 is 0. The lowest BCUT2D eigenvalue weighted by molar-refractivity contribution is -0.141. The first kappa shape index (κ1) is 19.4. The van der Waals surface area contributed by atoms with E-state index in [1.165, 1.54) is 0 Å². The number of aliphatic hydroxyl groups is 1. The molecule has 1 heterocycles. The molecule has 0 bridgehead atoms. The van der Waals surface area contributed by atoms with Crippen LogP contribution in [0.5, 0.6) is 5.75 Å². The Morgan fingerprint density at radius 1 is 1.15 bits per heavy atom. The Balaban J connectivity index is 1.61. The van der Waals surface area contributed by atoms with Crippen molar-refractivity contribution in [3.63, 3.8) is 0 Å². The van der Waals surface area contributed by atoms with Gasteiger partial charge in [0.25, 0.3) is 0 Å². The molecule has 1 fully saturated rings. The molecular weight excluding hydrogens is 340 g/mol. The molecule has 5 heteroatoms. The van der Waals surface area contributed by atoms with Gasteiger partial charge in [0.2, 0.25) is 5.91 Å². The van der Waals surface area contributed by atoms with Gasteiger partial charge >= 0.3 is 0 Å². The highest BCUT2D eigenvalue weighted by Gasteiger charge is 2.46. The van der Waals surface area contributed by atoms with E-state index in [-0.39, 0.29) is 5.91 Å². The van der Waals surface area contributed by atoms with Crippen LogP contribution in [0.4, 0.5) is 0 Å². The molecular formula is C22H28N2O3. The summed E-state index contributed by atoms with van der Waals surface area (Å²) in [6, 6.07) is 19.5. The van der Waals surface area contributed by atoms with Crippen molar-refractivity contribution in [2.24, 2.45) is 0 Å². The largest absolute Gasteiger partial charge is 0.493 e. The second kappa shape index (κ2) is 8.55. The normalized spacial score (nSPS) is 22.7. The van der Waals surface area contributed by atoms with Crippen LogP contribution in [0, 0.1) is 0 Å². The van der Waals surface area contributed by atoms with Gasteiger partial charge in [0, 0.05) is 13.1 Å². The number of hydrogen-bond acceptors (Lipinski definition) is 4. The minimum absolute atomic E-state index is 0.0189. The molecule has 0 saturated carbocycles. The van der Waals surface area contributed by atoms with Gasteiger partial charge in [-0.15, -0.1) is 0 Å². The van der Waals surface area contributed by atoms with Gasteiger partial charge < -0.3 is 14.7 Å². The molecule has 2 aromatic carbocycles. The molecule has 1 amide bonds. The van der Waals surface area contributed by atoms with Crippen molar-refractivity contribution in [1.82, 2.24) is 9.80 Å². The smallest absolute Gasteiger partial charge is 0.226 e. The fourth-order valence-electron chi connectivity index (χ4n) is 3.92. The Kier molecular flexibility index (Phi) is 6.14. The predicted molar refractivity (Wildman–Crippen MR) is 106 cm³/mol. The van der Waals surface area contributed by atoms with Crippen LogP contribution in [0.1, 0.15) is 18.4 Å². The third kappa shape index (κ3) is 4.15.